The van der Waals surface area contributed by atoms with E-state index in [1.165, 1.54) is 250 Å². The zero-order valence-electron chi connectivity index (χ0n) is 56.8. The number of carbonyl (C=O) groups excluding carboxylic acids is 1. The standard InChI is InChI=1S/C76H141N2O6P/c1-6-8-10-12-14-16-18-20-22-24-26-28-30-32-34-35-36-37-38-39-40-41-42-43-44-46-48-50-52-54-56-58-60-62-64-66-68-70-76(80)77-74(73-84-85(81,82)83-72-71-78(3,4)5)75(79)69-67-65-63-61-59-57-55-53-51-49-47-45-33-31-29-27-25-23-21-19-17-15-13-11-9-7-2/h8,10,14,16,20,22,26,28,32,34,59,61,67,69,74-75,79H,6-7,9,11-13,15,17-19,21,23-25,27,29-31,33,35-58,60,62-66,68,70-73H2,1-5H3,(H-,77,80,81,82)/p+1/b10-8-,16-14-,22-20-,28-26-,34-32-,61-59+,69-67+. The zero-order valence-corrected chi connectivity index (χ0v) is 57.7. The van der Waals surface area contributed by atoms with E-state index in [1.54, 1.807) is 6.08 Å². The number of carbonyl (C=O) groups is 1. The molecule has 9 heteroatoms. The second kappa shape index (κ2) is 66.1. The van der Waals surface area contributed by atoms with Crippen LogP contribution < -0.4 is 5.32 Å². The number of amides is 1. The summed E-state index contributed by atoms with van der Waals surface area (Å²) in [4.78, 5) is 23.4. The van der Waals surface area contributed by atoms with Gasteiger partial charge < -0.3 is 19.8 Å². The van der Waals surface area contributed by atoms with Crippen molar-refractivity contribution >= 4 is 13.7 Å². The van der Waals surface area contributed by atoms with Crippen molar-refractivity contribution in [3.63, 3.8) is 0 Å². The summed E-state index contributed by atoms with van der Waals surface area (Å²) in [5.41, 5.74) is 0. The molecule has 3 N–H and O–H groups in total. The second-order valence-electron chi connectivity index (χ2n) is 25.9. The first kappa shape index (κ1) is 82.7. The van der Waals surface area contributed by atoms with E-state index in [4.69, 9.17) is 9.05 Å². The normalized spacial score (nSPS) is 14.1. The van der Waals surface area contributed by atoms with E-state index in [0.29, 0.717) is 17.4 Å². The van der Waals surface area contributed by atoms with Crippen molar-refractivity contribution in [2.24, 2.45) is 0 Å². The number of nitrogens with one attached hydrogen (secondary N) is 1. The number of hydrogen-bond acceptors (Lipinski definition) is 5. The van der Waals surface area contributed by atoms with Crippen molar-refractivity contribution in [1.29, 1.82) is 0 Å². The summed E-state index contributed by atoms with van der Waals surface area (Å²) < 4.78 is 23.8. The molecule has 0 saturated carbocycles. The monoisotopic (exact) mass is 1210 g/mol. The molecule has 0 saturated heterocycles. The third kappa shape index (κ3) is 69.0. The van der Waals surface area contributed by atoms with Gasteiger partial charge in [-0.3, -0.25) is 13.8 Å². The molecule has 3 atom stereocenters. The molecule has 1 amide bonds. The highest BCUT2D eigenvalue weighted by Crippen LogP contribution is 2.43. The topological polar surface area (TPSA) is 105 Å². The molecule has 0 aromatic carbocycles. The van der Waals surface area contributed by atoms with Gasteiger partial charge in [0.15, 0.2) is 0 Å². The van der Waals surface area contributed by atoms with Crippen LogP contribution in [-0.4, -0.2) is 73.4 Å². The quantitative estimate of drug-likeness (QED) is 0.0243. The van der Waals surface area contributed by atoms with Crippen molar-refractivity contribution in [1.82, 2.24) is 5.32 Å². The van der Waals surface area contributed by atoms with Gasteiger partial charge in [-0.1, -0.05) is 343 Å². The molecule has 85 heavy (non-hydrogen) atoms. The maximum Gasteiger partial charge on any atom is 0.472 e. The average Bonchev–Trinajstić information content (AvgIpc) is 3.49. The predicted molar refractivity (Wildman–Crippen MR) is 373 cm³/mol. The van der Waals surface area contributed by atoms with Crippen molar-refractivity contribution in [2.45, 2.75) is 353 Å². The Morgan fingerprint density at radius 1 is 0.412 bits per heavy atom. The summed E-state index contributed by atoms with van der Waals surface area (Å²) in [5.74, 6) is -0.182. The van der Waals surface area contributed by atoms with Crippen LogP contribution in [0.4, 0.5) is 0 Å². The highest BCUT2D eigenvalue weighted by molar-refractivity contribution is 7.47. The summed E-state index contributed by atoms with van der Waals surface area (Å²) in [6.45, 7) is 4.72. The van der Waals surface area contributed by atoms with E-state index in [1.807, 2.05) is 27.2 Å². The number of aliphatic hydroxyl groups is 1. The Labute approximate surface area is 528 Å². The Bertz CT molecular complexity index is 1660. The maximum absolute atomic E-state index is 13.1. The predicted octanol–water partition coefficient (Wildman–Crippen LogP) is 23.5. The molecule has 496 valence electrons. The average molecular weight is 1210 g/mol. The molecule has 3 unspecified atom stereocenters. The van der Waals surface area contributed by atoms with Gasteiger partial charge in [-0.2, -0.15) is 0 Å². The minimum Gasteiger partial charge on any atom is -0.387 e. The lowest BCUT2D eigenvalue weighted by Gasteiger charge is -2.25. The molecule has 0 fully saturated rings. The van der Waals surface area contributed by atoms with Crippen LogP contribution in [-0.2, 0) is 18.4 Å². The summed E-state index contributed by atoms with van der Waals surface area (Å²) in [6.07, 6.45) is 94.6. The largest absolute Gasteiger partial charge is 0.472 e. The first-order valence-electron chi connectivity index (χ1n) is 36.5. The van der Waals surface area contributed by atoms with E-state index < -0.39 is 20.0 Å². The molecular formula is C76H142N2O6P+. The summed E-state index contributed by atoms with van der Waals surface area (Å²) in [7, 11) is 1.56. The number of phosphoric ester groups is 1. The fraction of sp³-hybridized carbons (Fsp3) is 0.803. The number of nitrogens with zero attached hydrogens (tertiary/aromatic N) is 1. The third-order valence-corrected chi connectivity index (χ3v) is 17.3. The number of quaternary nitrogens is 1. The van der Waals surface area contributed by atoms with Gasteiger partial charge >= 0.3 is 7.82 Å². The van der Waals surface area contributed by atoms with E-state index in [-0.39, 0.29) is 19.1 Å². The lowest BCUT2D eigenvalue weighted by Crippen LogP contribution is -2.45. The van der Waals surface area contributed by atoms with Crippen LogP contribution in [0.3, 0.4) is 0 Å². The van der Waals surface area contributed by atoms with Crippen molar-refractivity contribution in [3.8, 4) is 0 Å². The van der Waals surface area contributed by atoms with Gasteiger partial charge in [0.25, 0.3) is 0 Å². The van der Waals surface area contributed by atoms with Gasteiger partial charge in [0.1, 0.15) is 13.2 Å². The van der Waals surface area contributed by atoms with Crippen LogP contribution in [0.5, 0.6) is 0 Å². The van der Waals surface area contributed by atoms with E-state index in [0.717, 1.165) is 70.6 Å². The highest BCUT2D eigenvalue weighted by atomic mass is 31.2. The minimum absolute atomic E-state index is 0.0557. The molecule has 0 bridgehead atoms. The first-order chi connectivity index (χ1) is 41.5. The summed E-state index contributed by atoms with van der Waals surface area (Å²) in [5, 5.41) is 14.0. The van der Waals surface area contributed by atoms with Crippen molar-refractivity contribution in [3.05, 3.63) is 85.1 Å². The molecular weight excluding hydrogens is 1070 g/mol. The molecule has 0 aliphatic rings. The Kier molecular flexibility index (Phi) is 64.3. The number of aliphatic hydroxyl groups excluding tert-OH is 1. The van der Waals surface area contributed by atoms with Crippen LogP contribution in [0.25, 0.3) is 0 Å². The van der Waals surface area contributed by atoms with Crippen LogP contribution >= 0.6 is 7.82 Å². The van der Waals surface area contributed by atoms with Crippen LogP contribution in [0.15, 0.2) is 85.1 Å². The fourth-order valence-electron chi connectivity index (χ4n) is 10.7. The molecule has 0 radical (unpaired) electrons. The molecule has 0 spiro atoms. The van der Waals surface area contributed by atoms with Crippen molar-refractivity contribution in [2.75, 3.05) is 40.9 Å². The molecule has 0 rings (SSSR count). The Balaban J connectivity index is 4.03. The van der Waals surface area contributed by atoms with Gasteiger partial charge in [-0.05, 0) is 77.0 Å². The van der Waals surface area contributed by atoms with E-state index >= 15 is 0 Å². The molecule has 0 aliphatic carbocycles. The minimum atomic E-state index is -4.36. The van der Waals surface area contributed by atoms with E-state index in [2.05, 4.69) is 92.1 Å². The summed E-state index contributed by atoms with van der Waals surface area (Å²) >= 11 is 0. The first-order valence-corrected chi connectivity index (χ1v) is 38.0. The zero-order chi connectivity index (χ0) is 61.9. The van der Waals surface area contributed by atoms with Gasteiger partial charge in [0.2, 0.25) is 5.91 Å². The molecule has 0 heterocycles. The fourth-order valence-corrected chi connectivity index (χ4v) is 11.5. The molecule has 0 aliphatic heterocycles. The molecule has 8 nitrogen and oxygen atoms in total. The lowest BCUT2D eigenvalue weighted by atomic mass is 10.0. The smallest absolute Gasteiger partial charge is 0.387 e. The Morgan fingerprint density at radius 2 is 0.718 bits per heavy atom. The lowest BCUT2D eigenvalue weighted by molar-refractivity contribution is -0.870. The highest BCUT2D eigenvalue weighted by Gasteiger charge is 2.28. The number of likely N-dealkylation sites (N-methyl/N-ethyl adjacent to an activating group) is 1. The Morgan fingerprint density at radius 3 is 1.08 bits per heavy atom. The maximum atomic E-state index is 13.1. The van der Waals surface area contributed by atoms with E-state index in [9.17, 15) is 19.4 Å². The number of rotatable bonds is 67. The third-order valence-electron chi connectivity index (χ3n) is 16.3. The van der Waals surface area contributed by atoms with Gasteiger partial charge in [0.05, 0.1) is 39.9 Å². The second-order valence-corrected chi connectivity index (χ2v) is 27.4. The van der Waals surface area contributed by atoms with Gasteiger partial charge in [-0.15, -0.1) is 0 Å². The number of allylic oxidation sites excluding steroid dienone is 13. The van der Waals surface area contributed by atoms with Gasteiger partial charge in [-0.25, -0.2) is 4.57 Å². The number of hydrogen-bond donors (Lipinski definition) is 3. The summed E-state index contributed by atoms with van der Waals surface area (Å²) in [6, 6.07) is -0.867. The van der Waals surface area contributed by atoms with Crippen molar-refractivity contribution < 1.29 is 32.9 Å². The van der Waals surface area contributed by atoms with Gasteiger partial charge in [0, 0.05) is 6.42 Å². The van der Waals surface area contributed by atoms with Crippen LogP contribution in [0.2, 0.25) is 0 Å². The molecule has 0 aromatic rings. The number of unbranched alkanes of at least 4 members (excludes halogenated alkanes) is 42. The number of phosphoric acid groups is 1. The Hall–Kier alpha value is -2.32. The SMILES string of the molecule is CC/C=C\C/C=C\C/C=C\C/C=C\C/C=C\CCCCCCCCCCCCCCCCCCCCCCCC(=O)NC(COP(=O)(O)OCC[N+](C)(C)C)C(O)/C=C/CC/C=C/CCCCCCCCCCCCCCCCCCCCCC. The molecule has 0 aromatic heterocycles. The van der Waals surface area contributed by atoms with Crippen LogP contribution in [0, 0.1) is 0 Å². The van der Waals surface area contributed by atoms with Crippen LogP contribution in [0.1, 0.15) is 341 Å².